The molecular formula is C20H20ClN3O3. The van der Waals surface area contributed by atoms with Crippen LogP contribution in [0.2, 0.25) is 5.02 Å². The largest absolute Gasteiger partial charge is 0.497 e. The van der Waals surface area contributed by atoms with E-state index in [1.807, 2.05) is 29.9 Å². The summed E-state index contributed by atoms with van der Waals surface area (Å²) in [6.07, 6.45) is 3.50. The number of aryl methyl sites for hydroxylation is 1. The highest BCUT2D eigenvalue weighted by Gasteiger charge is 2.23. The Hall–Kier alpha value is -2.99. The normalized spacial score (nSPS) is 11.7. The third-order valence-corrected chi connectivity index (χ3v) is 4.55. The minimum absolute atomic E-state index is 0.296. The Balaban J connectivity index is 2.04. The third-order valence-electron chi connectivity index (χ3n) is 4.22. The van der Waals surface area contributed by atoms with E-state index >= 15 is 0 Å². The quantitative estimate of drug-likeness (QED) is 0.704. The van der Waals surface area contributed by atoms with Crippen molar-refractivity contribution in [3.8, 4) is 11.5 Å². The number of rotatable bonds is 6. The number of carbonyl (C=O) groups excluding carboxylic acids is 1. The van der Waals surface area contributed by atoms with E-state index in [9.17, 15) is 4.79 Å². The summed E-state index contributed by atoms with van der Waals surface area (Å²) in [5, 5.41) is 3.40. The van der Waals surface area contributed by atoms with Gasteiger partial charge in [-0.1, -0.05) is 23.7 Å². The van der Waals surface area contributed by atoms with Gasteiger partial charge in [0.25, 0.3) is 5.91 Å². The Labute approximate surface area is 162 Å². The smallest absolute Gasteiger partial charge is 0.253 e. The van der Waals surface area contributed by atoms with Gasteiger partial charge in [0.1, 0.15) is 23.4 Å². The number of aromatic nitrogens is 2. The lowest BCUT2D eigenvalue weighted by Gasteiger charge is -2.21. The van der Waals surface area contributed by atoms with Crippen molar-refractivity contribution in [2.45, 2.75) is 6.04 Å². The number of ether oxygens (including phenoxy) is 2. The Morgan fingerprint density at radius 3 is 2.37 bits per heavy atom. The number of carbonyl (C=O) groups is 1. The van der Waals surface area contributed by atoms with Crippen LogP contribution in [-0.2, 0) is 7.05 Å². The van der Waals surface area contributed by atoms with Crippen LogP contribution in [0.3, 0.4) is 0 Å². The van der Waals surface area contributed by atoms with Crippen LogP contribution in [0.15, 0.2) is 54.9 Å². The molecule has 140 valence electrons. The molecule has 0 fully saturated rings. The number of benzene rings is 2. The average molecular weight is 386 g/mol. The average Bonchev–Trinajstić information content (AvgIpc) is 3.11. The molecule has 1 amide bonds. The monoisotopic (exact) mass is 385 g/mol. The van der Waals surface area contributed by atoms with Gasteiger partial charge in [-0.2, -0.15) is 0 Å². The zero-order valence-corrected chi connectivity index (χ0v) is 16.0. The molecule has 3 aromatic rings. The Morgan fingerprint density at radius 1 is 1.15 bits per heavy atom. The summed E-state index contributed by atoms with van der Waals surface area (Å²) in [6.45, 7) is 0. The van der Waals surface area contributed by atoms with Gasteiger partial charge < -0.3 is 19.4 Å². The highest BCUT2D eigenvalue weighted by Crippen LogP contribution is 2.30. The van der Waals surface area contributed by atoms with Gasteiger partial charge in [0.15, 0.2) is 0 Å². The van der Waals surface area contributed by atoms with Gasteiger partial charge in [-0.3, -0.25) is 4.79 Å². The molecule has 2 aromatic carbocycles. The number of imidazole rings is 1. The van der Waals surface area contributed by atoms with Crippen molar-refractivity contribution in [3.63, 3.8) is 0 Å². The van der Waals surface area contributed by atoms with Gasteiger partial charge >= 0.3 is 0 Å². The molecular weight excluding hydrogens is 366 g/mol. The molecule has 0 aliphatic heterocycles. The maximum absolute atomic E-state index is 12.9. The van der Waals surface area contributed by atoms with Crippen LogP contribution in [0, 0.1) is 0 Å². The number of hydrogen-bond donors (Lipinski definition) is 1. The highest BCUT2D eigenvalue weighted by atomic mass is 35.5. The highest BCUT2D eigenvalue weighted by molar-refractivity contribution is 6.33. The molecule has 1 atom stereocenters. The van der Waals surface area contributed by atoms with E-state index in [4.69, 9.17) is 21.1 Å². The molecule has 0 saturated heterocycles. The van der Waals surface area contributed by atoms with Crippen molar-refractivity contribution in [3.05, 3.63) is 76.8 Å². The van der Waals surface area contributed by atoms with E-state index < -0.39 is 6.04 Å². The van der Waals surface area contributed by atoms with Gasteiger partial charge in [0.05, 0.1) is 24.8 Å². The summed E-state index contributed by atoms with van der Waals surface area (Å²) >= 11 is 6.18. The molecule has 1 heterocycles. The summed E-state index contributed by atoms with van der Waals surface area (Å²) in [5.74, 6) is 1.62. The van der Waals surface area contributed by atoms with E-state index in [0.717, 1.165) is 5.56 Å². The molecule has 1 N–H and O–H groups in total. The number of halogens is 1. The maximum atomic E-state index is 12.9. The minimum Gasteiger partial charge on any atom is -0.497 e. The van der Waals surface area contributed by atoms with Crippen LogP contribution in [0.4, 0.5) is 0 Å². The molecule has 6 nitrogen and oxygen atoms in total. The van der Waals surface area contributed by atoms with Crippen LogP contribution >= 0.6 is 11.6 Å². The van der Waals surface area contributed by atoms with Crippen molar-refractivity contribution < 1.29 is 14.3 Å². The number of nitrogens with one attached hydrogen (secondary N) is 1. The molecule has 1 unspecified atom stereocenters. The standard InChI is InChI=1S/C20H20ClN3O3/c1-24-9-8-22-19(24)18(13-10-14(26-2)12-15(11-13)27-3)23-20(25)16-6-4-5-7-17(16)21/h4-12,18H,1-3H3,(H,23,25). The summed E-state index contributed by atoms with van der Waals surface area (Å²) in [6, 6.07) is 11.9. The molecule has 0 aliphatic carbocycles. The zero-order chi connectivity index (χ0) is 19.4. The molecule has 7 heteroatoms. The molecule has 3 rings (SSSR count). The van der Waals surface area contributed by atoms with Crippen LogP contribution in [0.5, 0.6) is 11.5 Å². The lowest BCUT2D eigenvalue weighted by atomic mass is 10.0. The number of methoxy groups -OCH3 is 2. The summed E-state index contributed by atoms with van der Waals surface area (Å²) in [7, 11) is 5.03. The summed E-state index contributed by atoms with van der Waals surface area (Å²) in [5.41, 5.74) is 1.18. The molecule has 0 bridgehead atoms. The fourth-order valence-corrected chi connectivity index (χ4v) is 3.02. The van der Waals surface area contributed by atoms with Crippen molar-refractivity contribution in [2.24, 2.45) is 7.05 Å². The summed E-state index contributed by atoms with van der Waals surface area (Å²) < 4.78 is 12.6. The third kappa shape index (κ3) is 4.06. The van der Waals surface area contributed by atoms with Crippen LogP contribution in [0.25, 0.3) is 0 Å². The predicted octanol–water partition coefficient (Wildman–Crippen LogP) is 3.61. The molecule has 0 radical (unpaired) electrons. The van der Waals surface area contributed by atoms with Crippen LogP contribution in [-0.4, -0.2) is 29.7 Å². The van der Waals surface area contributed by atoms with Crippen molar-refractivity contribution >= 4 is 17.5 Å². The molecule has 27 heavy (non-hydrogen) atoms. The first-order valence-corrected chi connectivity index (χ1v) is 8.67. The fraction of sp³-hybridized carbons (Fsp3) is 0.200. The summed E-state index contributed by atoms with van der Waals surface area (Å²) in [4.78, 5) is 17.3. The first kappa shape index (κ1) is 18.8. The van der Waals surface area contributed by atoms with Gasteiger partial charge in [-0.15, -0.1) is 0 Å². The molecule has 0 aliphatic rings. The van der Waals surface area contributed by atoms with Crippen LogP contribution < -0.4 is 14.8 Å². The number of amides is 1. The van der Waals surface area contributed by atoms with Crippen molar-refractivity contribution in [1.29, 1.82) is 0 Å². The Morgan fingerprint density at radius 2 is 1.81 bits per heavy atom. The minimum atomic E-state index is -0.516. The van der Waals surface area contributed by atoms with E-state index in [-0.39, 0.29) is 5.91 Å². The molecule has 0 saturated carbocycles. The lowest BCUT2D eigenvalue weighted by molar-refractivity contribution is 0.0941. The zero-order valence-electron chi connectivity index (χ0n) is 15.3. The van der Waals surface area contributed by atoms with Crippen molar-refractivity contribution in [1.82, 2.24) is 14.9 Å². The van der Waals surface area contributed by atoms with E-state index in [1.165, 1.54) is 0 Å². The second-order valence-electron chi connectivity index (χ2n) is 5.93. The van der Waals surface area contributed by atoms with Gasteiger partial charge in [-0.05, 0) is 29.8 Å². The lowest BCUT2D eigenvalue weighted by Crippen LogP contribution is -2.31. The van der Waals surface area contributed by atoms with E-state index in [0.29, 0.717) is 27.9 Å². The Kier molecular flexibility index (Phi) is 5.66. The predicted molar refractivity (Wildman–Crippen MR) is 104 cm³/mol. The molecule has 0 spiro atoms. The second-order valence-corrected chi connectivity index (χ2v) is 6.34. The SMILES string of the molecule is COc1cc(OC)cc(C(NC(=O)c2ccccc2Cl)c2nccn2C)c1. The first-order valence-electron chi connectivity index (χ1n) is 8.29. The second kappa shape index (κ2) is 8.14. The first-order chi connectivity index (χ1) is 13.0. The van der Waals surface area contributed by atoms with E-state index in [1.54, 1.807) is 50.7 Å². The van der Waals surface area contributed by atoms with Crippen molar-refractivity contribution in [2.75, 3.05) is 14.2 Å². The van der Waals surface area contributed by atoms with E-state index in [2.05, 4.69) is 10.3 Å². The van der Waals surface area contributed by atoms with Crippen LogP contribution in [0.1, 0.15) is 27.8 Å². The Bertz CT molecular complexity index is 933. The maximum Gasteiger partial charge on any atom is 0.253 e. The fourth-order valence-electron chi connectivity index (χ4n) is 2.80. The topological polar surface area (TPSA) is 65.4 Å². The number of nitrogens with zero attached hydrogens (tertiary/aromatic N) is 2. The number of hydrogen-bond acceptors (Lipinski definition) is 4. The van der Waals surface area contributed by atoms with Gasteiger partial charge in [-0.25, -0.2) is 4.98 Å². The van der Waals surface area contributed by atoms with Gasteiger partial charge in [0, 0.05) is 25.5 Å². The molecule has 1 aromatic heterocycles. The van der Waals surface area contributed by atoms with Gasteiger partial charge in [0.2, 0.25) is 0 Å².